The van der Waals surface area contributed by atoms with Crippen molar-refractivity contribution in [3.63, 3.8) is 0 Å². The number of rotatable bonds is 9. The zero-order valence-corrected chi connectivity index (χ0v) is 14.4. The van der Waals surface area contributed by atoms with Gasteiger partial charge >= 0.3 is 18.0 Å². The zero-order valence-electron chi connectivity index (χ0n) is 13.6. The van der Waals surface area contributed by atoms with Crippen LogP contribution < -0.4 is 5.32 Å². The topological polar surface area (TPSA) is 102 Å². The number of esters is 1. The fraction of sp³-hybridized carbons (Fsp3) is 0.786. The van der Waals surface area contributed by atoms with Crippen LogP contribution in [0.3, 0.4) is 0 Å². The second kappa shape index (κ2) is 10.3. The van der Waals surface area contributed by atoms with Crippen molar-refractivity contribution in [2.75, 3.05) is 6.54 Å². The molecule has 0 rings (SSSR count). The quantitative estimate of drug-likeness (QED) is 0.492. The Hall–Kier alpha value is -1.44. The van der Waals surface area contributed by atoms with Crippen LogP contribution in [0.5, 0.6) is 0 Å². The maximum absolute atomic E-state index is 11.7. The van der Waals surface area contributed by atoms with Crippen molar-refractivity contribution in [2.24, 2.45) is 5.92 Å². The highest BCUT2D eigenvalue weighted by Gasteiger charge is 2.24. The lowest BCUT2D eigenvalue weighted by Crippen LogP contribution is -2.39. The lowest BCUT2D eigenvalue weighted by Gasteiger charge is -2.22. The number of ether oxygens (including phenoxy) is 2. The minimum atomic E-state index is -1.00. The van der Waals surface area contributed by atoms with Gasteiger partial charge in [0.1, 0.15) is 5.25 Å². The van der Waals surface area contributed by atoms with E-state index >= 15 is 0 Å². The molecular weight excluding hydrogens is 310 g/mol. The fourth-order valence-corrected chi connectivity index (χ4v) is 2.31. The summed E-state index contributed by atoms with van der Waals surface area (Å²) in [6.45, 7) is 8.81. The van der Waals surface area contributed by atoms with E-state index in [4.69, 9.17) is 14.6 Å². The third-order valence-corrected chi connectivity index (χ3v) is 3.69. The van der Waals surface area contributed by atoms with E-state index in [2.05, 4.69) is 5.32 Å². The number of nitrogens with one attached hydrogen (secondary N) is 1. The number of hydrogen-bond donors (Lipinski definition) is 2. The molecule has 0 unspecified atom stereocenters. The minimum absolute atomic E-state index is 0.0659. The smallest absolute Gasteiger partial charge is 0.410 e. The van der Waals surface area contributed by atoms with E-state index in [1.165, 1.54) is 11.8 Å². The number of thioether (sulfide) groups is 1. The molecule has 0 aliphatic carbocycles. The molecule has 1 amide bonds. The maximum atomic E-state index is 11.7. The highest BCUT2D eigenvalue weighted by molar-refractivity contribution is 8.01. The number of carbonyl (C=O) groups is 3. The molecule has 22 heavy (non-hydrogen) atoms. The summed E-state index contributed by atoms with van der Waals surface area (Å²) in [5, 5.41) is 10.8. The van der Waals surface area contributed by atoms with Crippen LogP contribution in [-0.4, -0.2) is 46.5 Å². The first-order valence-electron chi connectivity index (χ1n) is 7.19. The molecule has 2 N–H and O–H groups in total. The maximum Gasteiger partial charge on any atom is 0.410 e. The minimum Gasteiger partial charge on any atom is -0.480 e. The Kier molecular flexibility index (Phi) is 9.64. The van der Waals surface area contributed by atoms with Crippen LogP contribution in [0.15, 0.2) is 0 Å². The number of hydrogen-bond acceptors (Lipinski definition) is 6. The SMILES string of the molecule is CCC(=O)O[C@H](OC(=O)NC[C@H](SC(C)C)C(=O)O)C(C)C. The number of carboxylic acid groups (broad SMARTS) is 1. The van der Waals surface area contributed by atoms with Crippen LogP contribution in [0, 0.1) is 5.92 Å². The molecule has 7 nitrogen and oxygen atoms in total. The average Bonchev–Trinajstić information content (AvgIpc) is 2.41. The molecule has 0 bridgehead atoms. The summed E-state index contributed by atoms with van der Waals surface area (Å²) < 4.78 is 10.0. The molecule has 0 aliphatic rings. The summed E-state index contributed by atoms with van der Waals surface area (Å²) >= 11 is 1.23. The molecular formula is C14H25NO6S. The summed E-state index contributed by atoms with van der Waals surface area (Å²) in [5.74, 6) is -1.68. The molecule has 0 saturated carbocycles. The Morgan fingerprint density at radius 3 is 2.14 bits per heavy atom. The van der Waals surface area contributed by atoms with Gasteiger partial charge in [0.15, 0.2) is 0 Å². The van der Waals surface area contributed by atoms with Gasteiger partial charge in [0.25, 0.3) is 6.29 Å². The highest BCUT2D eigenvalue weighted by Crippen LogP contribution is 2.17. The third-order valence-electron chi connectivity index (χ3n) is 2.45. The zero-order chi connectivity index (χ0) is 17.3. The Bertz CT molecular complexity index is 386. The Morgan fingerprint density at radius 2 is 1.73 bits per heavy atom. The van der Waals surface area contributed by atoms with E-state index in [1.54, 1.807) is 20.8 Å². The van der Waals surface area contributed by atoms with Gasteiger partial charge in [-0.1, -0.05) is 34.6 Å². The van der Waals surface area contributed by atoms with Crippen LogP contribution in [0.1, 0.15) is 41.0 Å². The van der Waals surface area contributed by atoms with Gasteiger partial charge in [0.05, 0.1) is 0 Å². The van der Waals surface area contributed by atoms with Crippen molar-refractivity contribution in [3.8, 4) is 0 Å². The van der Waals surface area contributed by atoms with Crippen molar-refractivity contribution < 1.29 is 29.0 Å². The molecule has 0 heterocycles. The first-order chi connectivity index (χ1) is 10.2. The first kappa shape index (κ1) is 20.6. The van der Waals surface area contributed by atoms with Crippen molar-refractivity contribution in [3.05, 3.63) is 0 Å². The molecule has 8 heteroatoms. The molecule has 0 aromatic carbocycles. The predicted octanol–water partition coefficient (Wildman–Crippen LogP) is 2.24. The molecule has 0 saturated heterocycles. The van der Waals surface area contributed by atoms with E-state index < -0.39 is 29.6 Å². The number of amides is 1. The van der Waals surface area contributed by atoms with Gasteiger partial charge in [0, 0.05) is 18.9 Å². The van der Waals surface area contributed by atoms with Gasteiger partial charge in [-0.05, 0) is 5.25 Å². The number of alkyl carbamates (subject to hydrolysis) is 1. The standard InChI is InChI=1S/C14H25NO6S/c1-6-11(16)20-13(8(2)3)21-14(19)15-7-10(12(17)18)22-9(4)5/h8-10,13H,6-7H2,1-5H3,(H,15,19)(H,17,18)/t10-,13+/m0/s1. The van der Waals surface area contributed by atoms with E-state index in [0.717, 1.165) is 0 Å². The van der Waals surface area contributed by atoms with Crippen LogP contribution in [0.25, 0.3) is 0 Å². The van der Waals surface area contributed by atoms with Gasteiger partial charge in [-0.15, -0.1) is 11.8 Å². The van der Waals surface area contributed by atoms with Gasteiger partial charge in [0.2, 0.25) is 0 Å². The first-order valence-corrected chi connectivity index (χ1v) is 8.13. The summed E-state index contributed by atoms with van der Waals surface area (Å²) in [5.41, 5.74) is 0. The van der Waals surface area contributed by atoms with E-state index in [1.807, 2.05) is 13.8 Å². The normalized spacial score (nSPS) is 13.6. The van der Waals surface area contributed by atoms with Crippen LogP contribution in [-0.2, 0) is 19.1 Å². The lowest BCUT2D eigenvalue weighted by atomic mass is 10.2. The molecule has 0 aromatic rings. The van der Waals surface area contributed by atoms with E-state index in [-0.39, 0.29) is 24.1 Å². The Balaban J connectivity index is 4.44. The molecule has 0 spiro atoms. The largest absolute Gasteiger partial charge is 0.480 e. The van der Waals surface area contributed by atoms with Crippen LogP contribution in [0.2, 0.25) is 0 Å². The van der Waals surface area contributed by atoms with Gasteiger partial charge < -0.3 is 19.9 Å². The monoisotopic (exact) mass is 335 g/mol. The molecule has 0 fully saturated rings. The van der Waals surface area contributed by atoms with Crippen molar-refractivity contribution in [1.82, 2.24) is 5.32 Å². The van der Waals surface area contributed by atoms with Gasteiger partial charge in [-0.25, -0.2) is 4.79 Å². The average molecular weight is 335 g/mol. The molecule has 2 atom stereocenters. The molecule has 0 aromatic heterocycles. The number of carboxylic acids is 1. The third kappa shape index (κ3) is 8.76. The number of carbonyl (C=O) groups excluding carboxylic acids is 2. The van der Waals surface area contributed by atoms with Crippen molar-refractivity contribution in [2.45, 2.75) is 57.8 Å². The van der Waals surface area contributed by atoms with Crippen LogP contribution >= 0.6 is 11.8 Å². The van der Waals surface area contributed by atoms with E-state index in [9.17, 15) is 14.4 Å². The lowest BCUT2D eigenvalue weighted by molar-refractivity contribution is -0.174. The van der Waals surface area contributed by atoms with Crippen molar-refractivity contribution in [1.29, 1.82) is 0 Å². The Morgan fingerprint density at radius 1 is 1.14 bits per heavy atom. The fourth-order valence-electron chi connectivity index (χ4n) is 1.35. The second-order valence-corrected chi connectivity index (χ2v) is 7.04. The van der Waals surface area contributed by atoms with Gasteiger partial charge in [-0.2, -0.15) is 0 Å². The predicted molar refractivity (Wildman–Crippen MR) is 83.6 cm³/mol. The summed E-state index contributed by atoms with van der Waals surface area (Å²) in [6.07, 6.45) is -1.62. The molecule has 0 aliphatic heterocycles. The molecule has 128 valence electrons. The number of aliphatic carboxylic acids is 1. The summed E-state index contributed by atoms with van der Waals surface area (Å²) in [7, 11) is 0. The second-order valence-electron chi connectivity index (χ2n) is 5.25. The summed E-state index contributed by atoms with van der Waals surface area (Å²) in [6, 6.07) is 0. The van der Waals surface area contributed by atoms with Gasteiger partial charge in [-0.3, -0.25) is 9.59 Å². The van der Waals surface area contributed by atoms with E-state index in [0.29, 0.717) is 0 Å². The van der Waals surface area contributed by atoms with Crippen molar-refractivity contribution >= 4 is 29.8 Å². The highest BCUT2D eigenvalue weighted by atomic mass is 32.2. The van der Waals surface area contributed by atoms with Crippen LogP contribution in [0.4, 0.5) is 4.79 Å². The molecule has 0 radical (unpaired) electrons. The summed E-state index contributed by atoms with van der Waals surface area (Å²) in [4.78, 5) is 34.1. The Labute approximate surface area is 135 Å².